The van der Waals surface area contributed by atoms with Crippen molar-refractivity contribution in [2.24, 2.45) is 5.92 Å². The smallest absolute Gasteiger partial charge is 0.334 e. The molecule has 0 amide bonds. The number of aliphatic carboxylic acids is 1. The quantitative estimate of drug-likeness (QED) is 0.496. The molecule has 4 nitrogen and oxygen atoms in total. The van der Waals surface area contributed by atoms with Gasteiger partial charge in [-0.05, 0) is 18.8 Å². The Labute approximate surface area is 69.1 Å². The van der Waals surface area contributed by atoms with E-state index in [1.807, 2.05) is 0 Å². The molecule has 2 bridgehead atoms. The lowest BCUT2D eigenvalue weighted by atomic mass is 9.91. The molecule has 0 saturated heterocycles. The summed E-state index contributed by atoms with van der Waals surface area (Å²) in [6.07, 6.45) is 1.48. The van der Waals surface area contributed by atoms with Crippen molar-refractivity contribution in [2.75, 3.05) is 0 Å². The SMILES string of the molecule is O=C(O)C1=CC2CC(O)C1(O)C2. The first-order valence-electron chi connectivity index (χ1n) is 3.90. The lowest BCUT2D eigenvalue weighted by Gasteiger charge is -2.25. The van der Waals surface area contributed by atoms with Crippen LogP contribution in [0.1, 0.15) is 12.8 Å². The van der Waals surface area contributed by atoms with Gasteiger partial charge in [0.1, 0.15) is 5.60 Å². The highest BCUT2D eigenvalue weighted by Gasteiger charge is 2.54. The maximum Gasteiger partial charge on any atom is 0.334 e. The van der Waals surface area contributed by atoms with Crippen LogP contribution in [-0.2, 0) is 4.79 Å². The number of fused-ring (bicyclic) bond motifs is 2. The first-order chi connectivity index (χ1) is 5.54. The maximum atomic E-state index is 10.6. The van der Waals surface area contributed by atoms with Crippen molar-refractivity contribution in [3.05, 3.63) is 11.6 Å². The predicted octanol–water partition coefficient (Wildman–Crippen LogP) is -0.487. The van der Waals surface area contributed by atoms with Crippen molar-refractivity contribution in [2.45, 2.75) is 24.5 Å². The molecule has 0 heterocycles. The lowest BCUT2D eigenvalue weighted by molar-refractivity contribution is -0.137. The molecule has 12 heavy (non-hydrogen) atoms. The first kappa shape index (κ1) is 7.76. The van der Waals surface area contributed by atoms with Gasteiger partial charge in [-0.15, -0.1) is 0 Å². The Morgan fingerprint density at radius 1 is 1.67 bits per heavy atom. The third kappa shape index (κ3) is 0.763. The largest absolute Gasteiger partial charge is 0.478 e. The van der Waals surface area contributed by atoms with Crippen molar-refractivity contribution >= 4 is 5.97 Å². The molecule has 4 heteroatoms. The van der Waals surface area contributed by atoms with E-state index in [0.29, 0.717) is 12.8 Å². The fourth-order valence-corrected chi connectivity index (χ4v) is 2.15. The average Bonchev–Trinajstić information content (AvgIpc) is 2.39. The van der Waals surface area contributed by atoms with Crippen LogP contribution in [0.25, 0.3) is 0 Å². The number of hydrogen-bond acceptors (Lipinski definition) is 3. The number of aliphatic hydroxyl groups is 2. The van der Waals surface area contributed by atoms with Crippen LogP contribution in [0.5, 0.6) is 0 Å². The Morgan fingerprint density at radius 3 is 2.67 bits per heavy atom. The zero-order valence-electron chi connectivity index (χ0n) is 6.40. The molecule has 1 saturated carbocycles. The van der Waals surface area contributed by atoms with Gasteiger partial charge in [-0.25, -0.2) is 4.79 Å². The minimum Gasteiger partial charge on any atom is -0.478 e. The van der Waals surface area contributed by atoms with E-state index < -0.39 is 17.7 Å². The van der Waals surface area contributed by atoms with Crippen molar-refractivity contribution in [1.29, 1.82) is 0 Å². The summed E-state index contributed by atoms with van der Waals surface area (Å²) in [6, 6.07) is 0. The molecule has 0 aliphatic heterocycles. The summed E-state index contributed by atoms with van der Waals surface area (Å²) in [5, 5.41) is 27.8. The highest BCUT2D eigenvalue weighted by atomic mass is 16.4. The first-order valence-corrected chi connectivity index (χ1v) is 3.90. The monoisotopic (exact) mass is 170 g/mol. The molecule has 0 aromatic carbocycles. The van der Waals surface area contributed by atoms with E-state index in [2.05, 4.69) is 0 Å². The third-order valence-electron chi connectivity index (χ3n) is 2.75. The van der Waals surface area contributed by atoms with Crippen molar-refractivity contribution < 1.29 is 20.1 Å². The van der Waals surface area contributed by atoms with E-state index in [9.17, 15) is 15.0 Å². The molecule has 1 fully saturated rings. The summed E-state index contributed by atoms with van der Waals surface area (Å²) in [5.74, 6) is -1.09. The van der Waals surface area contributed by atoms with Gasteiger partial charge in [0.25, 0.3) is 0 Å². The molecule has 0 spiro atoms. The van der Waals surface area contributed by atoms with Gasteiger partial charge in [0, 0.05) is 0 Å². The molecule has 3 N–H and O–H groups in total. The summed E-state index contributed by atoms with van der Waals surface area (Å²) in [5.41, 5.74) is -1.51. The Morgan fingerprint density at radius 2 is 2.33 bits per heavy atom. The van der Waals surface area contributed by atoms with Crippen LogP contribution in [0.4, 0.5) is 0 Å². The average molecular weight is 170 g/mol. The molecule has 66 valence electrons. The van der Waals surface area contributed by atoms with Gasteiger partial charge in [0.05, 0.1) is 11.7 Å². The molecule has 2 aliphatic carbocycles. The number of carboxylic acids is 1. The van der Waals surface area contributed by atoms with Gasteiger partial charge < -0.3 is 15.3 Å². The van der Waals surface area contributed by atoms with E-state index in [1.54, 1.807) is 6.08 Å². The molecular formula is C8H10O4. The fraction of sp³-hybridized carbons (Fsp3) is 0.625. The molecule has 0 aromatic rings. The second kappa shape index (κ2) is 2.08. The summed E-state index contributed by atoms with van der Waals surface area (Å²) in [6.45, 7) is 0. The fourth-order valence-electron chi connectivity index (χ4n) is 2.15. The Bertz CT molecular complexity index is 270. The summed E-state index contributed by atoms with van der Waals surface area (Å²) < 4.78 is 0. The highest BCUT2D eigenvalue weighted by molar-refractivity contribution is 5.90. The molecule has 0 radical (unpaired) electrons. The standard InChI is InChI=1S/C8H10O4/c9-6-2-4-1-5(7(10)11)8(6,12)3-4/h1,4,6,9,12H,2-3H2,(H,10,11). The second-order valence-corrected chi connectivity index (χ2v) is 3.53. The van der Waals surface area contributed by atoms with E-state index in [0.717, 1.165) is 0 Å². The summed E-state index contributed by atoms with van der Waals surface area (Å²) in [7, 11) is 0. The normalized spacial score (nSPS) is 44.7. The zero-order valence-corrected chi connectivity index (χ0v) is 6.40. The van der Waals surface area contributed by atoms with E-state index in [4.69, 9.17) is 5.11 Å². The number of carboxylic acid groups (broad SMARTS) is 1. The minimum absolute atomic E-state index is 0.0359. The van der Waals surface area contributed by atoms with Gasteiger partial charge in [0.15, 0.2) is 0 Å². The van der Waals surface area contributed by atoms with E-state index in [-0.39, 0.29) is 11.5 Å². The topological polar surface area (TPSA) is 77.8 Å². The summed E-state index contributed by atoms with van der Waals surface area (Å²) in [4.78, 5) is 10.6. The minimum atomic E-state index is -1.48. The summed E-state index contributed by atoms with van der Waals surface area (Å²) >= 11 is 0. The maximum absolute atomic E-state index is 10.6. The van der Waals surface area contributed by atoms with Crippen LogP contribution in [-0.4, -0.2) is 33.0 Å². The lowest BCUT2D eigenvalue weighted by Crippen LogP contribution is -2.41. The van der Waals surface area contributed by atoms with Gasteiger partial charge in [0.2, 0.25) is 0 Å². The predicted molar refractivity (Wildman–Crippen MR) is 39.4 cm³/mol. The molecule has 3 unspecified atom stereocenters. The van der Waals surface area contributed by atoms with Crippen molar-refractivity contribution in [3.8, 4) is 0 Å². The van der Waals surface area contributed by atoms with Crippen LogP contribution in [0.15, 0.2) is 11.6 Å². The number of rotatable bonds is 1. The molecule has 0 aromatic heterocycles. The highest BCUT2D eigenvalue weighted by Crippen LogP contribution is 2.47. The Kier molecular flexibility index (Phi) is 1.35. The number of carbonyl (C=O) groups is 1. The Balaban J connectivity index is 2.39. The van der Waals surface area contributed by atoms with Gasteiger partial charge >= 0.3 is 5.97 Å². The van der Waals surface area contributed by atoms with Crippen molar-refractivity contribution in [1.82, 2.24) is 0 Å². The molecule has 2 rings (SSSR count). The van der Waals surface area contributed by atoms with Gasteiger partial charge in [-0.1, -0.05) is 6.08 Å². The number of allylic oxidation sites excluding steroid dienone is 1. The van der Waals surface area contributed by atoms with Crippen molar-refractivity contribution in [3.63, 3.8) is 0 Å². The van der Waals surface area contributed by atoms with Crippen LogP contribution in [0, 0.1) is 5.92 Å². The zero-order chi connectivity index (χ0) is 8.93. The second-order valence-electron chi connectivity index (χ2n) is 3.53. The molecule has 3 atom stereocenters. The molecular weight excluding hydrogens is 160 g/mol. The van der Waals surface area contributed by atoms with Crippen LogP contribution < -0.4 is 0 Å². The van der Waals surface area contributed by atoms with E-state index in [1.165, 1.54) is 0 Å². The van der Waals surface area contributed by atoms with Crippen LogP contribution in [0.2, 0.25) is 0 Å². The number of hydrogen-bond donors (Lipinski definition) is 3. The van der Waals surface area contributed by atoms with Crippen LogP contribution >= 0.6 is 0 Å². The van der Waals surface area contributed by atoms with E-state index >= 15 is 0 Å². The Hall–Kier alpha value is -0.870. The number of aliphatic hydroxyl groups excluding tert-OH is 1. The van der Waals surface area contributed by atoms with Gasteiger partial charge in [-0.2, -0.15) is 0 Å². The van der Waals surface area contributed by atoms with Crippen LogP contribution in [0.3, 0.4) is 0 Å². The van der Waals surface area contributed by atoms with Gasteiger partial charge in [-0.3, -0.25) is 0 Å². The third-order valence-corrected chi connectivity index (χ3v) is 2.75. The molecule has 2 aliphatic rings.